The van der Waals surface area contributed by atoms with E-state index in [0.717, 1.165) is 21.9 Å². The number of hydrogen-bond acceptors (Lipinski definition) is 5. The molecule has 2 heterocycles. The quantitative estimate of drug-likeness (QED) is 0.338. The maximum atomic E-state index is 5.78. The van der Waals surface area contributed by atoms with Gasteiger partial charge in [-0.05, 0) is 54.6 Å². The molecule has 0 saturated heterocycles. The van der Waals surface area contributed by atoms with Gasteiger partial charge in [-0.3, -0.25) is 4.98 Å². The van der Waals surface area contributed by atoms with Crippen molar-refractivity contribution in [3.8, 4) is 17.5 Å². The van der Waals surface area contributed by atoms with E-state index in [4.69, 9.17) is 9.47 Å². The third-order valence-electron chi connectivity index (χ3n) is 3.15. The van der Waals surface area contributed by atoms with Gasteiger partial charge in [0, 0.05) is 24.4 Å². The Balaban J connectivity index is 2.11. The molecule has 0 aromatic carbocycles. The van der Waals surface area contributed by atoms with Crippen LogP contribution in [0, 0.1) is 3.57 Å². The minimum Gasteiger partial charge on any atom is -0.461 e. The molecule has 0 radical (unpaired) electrons. The van der Waals surface area contributed by atoms with Crippen molar-refractivity contribution in [3.05, 3.63) is 21.9 Å². The first-order valence-corrected chi connectivity index (χ1v) is 12.8. The van der Waals surface area contributed by atoms with Crippen molar-refractivity contribution in [2.75, 3.05) is 6.61 Å². The highest BCUT2D eigenvalue weighted by molar-refractivity contribution is 14.1. The van der Waals surface area contributed by atoms with Gasteiger partial charge in [0.25, 0.3) is 0 Å². The Kier molecular flexibility index (Phi) is 6.76. The normalized spacial score (nSPS) is 12.0. The average molecular weight is 460 g/mol. The van der Waals surface area contributed by atoms with Crippen LogP contribution in [0.4, 0.5) is 0 Å². The van der Waals surface area contributed by atoms with E-state index < -0.39 is 8.07 Å². The lowest BCUT2D eigenvalue weighted by molar-refractivity contribution is 0.0659. The molecule has 0 N–H and O–H groups in total. The maximum absolute atomic E-state index is 5.78. The van der Waals surface area contributed by atoms with Gasteiger partial charge in [0.1, 0.15) is 12.4 Å². The topological polar surface area (TPSA) is 62.1 Å². The molecule has 0 bridgehead atoms. The summed E-state index contributed by atoms with van der Waals surface area (Å²) in [5, 5.41) is 4.50. The van der Waals surface area contributed by atoms with Crippen LogP contribution in [0.15, 0.2) is 18.3 Å². The number of rotatable bonds is 8. The molecule has 132 valence electrons. The summed E-state index contributed by atoms with van der Waals surface area (Å²) in [5.74, 6) is 0.552. The summed E-state index contributed by atoms with van der Waals surface area (Å²) in [6, 6.07) is 5.48. The Morgan fingerprint density at radius 2 is 2.00 bits per heavy atom. The lowest BCUT2D eigenvalue weighted by Gasteiger charge is -2.15. The largest absolute Gasteiger partial charge is 0.461 e. The molecule has 24 heavy (non-hydrogen) atoms. The molecular formula is C16H25IN4O2Si. The lowest BCUT2D eigenvalue weighted by Crippen LogP contribution is -2.22. The molecule has 0 aliphatic rings. The Labute approximate surface area is 158 Å². The molecule has 2 aromatic rings. The van der Waals surface area contributed by atoms with Gasteiger partial charge in [0.15, 0.2) is 0 Å². The summed E-state index contributed by atoms with van der Waals surface area (Å²) in [6.07, 6.45) is 1.82. The molecule has 2 rings (SSSR count). The number of pyridine rings is 1. The van der Waals surface area contributed by atoms with E-state index in [9.17, 15) is 0 Å². The summed E-state index contributed by atoms with van der Waals surface area (Å²) in [5.41, 5.74) is 0.727. The number of nitrogens with zero attached hydrogens (tertiary/aromatic N) is 4. The van der Waals surface area contributed by atoms with Crippen LogP contribution in [-0.2, 0) is 11.5 Å². The van der Waals surface area contributed by atoms with Gasteiger partial charge in [-0.2, -0.15) is 9.67 Å². The Hall–Kier alpha value is -1.00. The van der Waals surface area contributed by atoms with Gasteiger partial charge in [-0.25, -0.2) is 0 Å². The highest BCUT2D eigenvalue weighted by Crippen LogP contribution is 2.19. The van der Waals surface area contributed by atoms with E-state index in [2.05, 4.69) is 57.3 Å². The van der Waals surface area contributed by atoms with Gasteiger partial charge in [0.2, 0.25) is 5.82 Å². The fraction of sp³-hybridized carbons (Fsp3) is 0.562. The fourth-order valence-electron chi connectivity index (χ4n) is 1.86. The Bertz CT molecular complexity index is 653. The van der Waals surface area contributed by atoms with Crippen LogP contribution in [-0.4, -0.2) is 40.5 Å². The number of halogens is 1. The minimum atomic E-state index is -1.10. The molecular weight excluding hydrogens is 435 g/mol. The smallest absolute Gasteiger partial charge is 0.317 e. The van der Waals surface area contributed by atoms with E-state index in [-0.39, 0.29) is 6.10 Å². The zero-order chi connectivity index (χ0) is 17.7. The van der Waals surface area contributed by atoms with Crippen LogP contribution in [0.5, 0.6) is 6.01 Å². The fourth-order valence-corrected chi connectivity index (χ4v) is 2.93. The molecule has 0 spiro atoms. The highest BCUT2D eigenvalue weighted by atomic mass is 127. The van der Waals surface area contributed by atoms with E-state index in [1.54, 1.807) is 10.9 Å². The van der Waals surface area contributed by atoms with E-state index in [1.165, 1.54) is 0 Å². The maximum Gasteiger partial charge on any atom is 0.317 e. The summed E-state index contributed by atoms with van der Waals surface area (Å²) >= 11 is 2.22. The van der Waals surface area contributed by atoms with E-state index in [0.29, 0.717) is 18.6 Å². The van der Waals surface area contributed by atoms with Crippen LogP contribution in [0.25, 0.3) is 11.5 Å². The Morgan fingerprint density at radius 1 is 1.25 bits per heavy atom. The van der Waals surface area contributed by atoms with Crippen molar-refractivity contribution in [1.82, 2.24) is 19.7 Å². The third-order valence-corrected chi connectivity index (χ3v) is 5.49. The molecule has 0 unspecified atom stereocenters. The summed E-state index contributed by atoms with van der Waals surface area (Å²) in [6.45, 7) is 12.0. The van der Waals surface area contributed by atoms with Crippen molar-refractivity contribution in [3.63, 3.8) is 0 Å². The van der Waals surface area contributed by atoms with Crippen LogP contribution >= 0.6 is 22.6 Å². The lowest BCUT2D eigenvalue weighted by atomic mass is 10.3. The molecule has 0 fully saturated rings. The Morgan fingerprint density at radius 3 is 2.58 bits per heavy atom. The summed E-state index contributed by atoms with van der Waals surface area (Å²) in [7, 11) is -1.10. The predicted octanol–water partition coefficient (Wildman–Crippen LogP) is 4.04. The van der Waals surface area contributed by atoms with Crippen molar-refractivity contribution >= 4 is 30.7 Å². The van der Waals surface area contributed by atoms with E-state index in [1.807, 2.05) is 26.0 Å². The highest BCUT2D eigenvalue weighted by Gasteiger charge is 2.16. The molecule has 0 amide bonds. The minimum absolute atomic E-state index is 0.0208. The average Bonchev–Trinajstić information content (AvgIpc) is 2.85. The molecule has 2 aromatic heterocycles. The molecule has 8 heteroatoms. The SMILES string of the molecule is CC(C)Oc1nc(-c2ccc(I)cn2)nn1COCC[Si](C)(C)C. The van der Waals surface area contributed by atoms with Gasteiger partial charge in [-0.1, -0.05) is 19.6 Å². The molecule has 0 aliphatic carbocycles. The molecule has 0 saturated carbocycles. The van der Waals surface area contributed by atoms with Gasteiger partial charge < -0.3 is 9.47 Å². The van der Waals surface area contributed by atoms with Crippen molar-refractivity contribution in [1.29, 1.82) is 0 Å². The first-order valence-electron chi connectivity index (χ1n) is 8.06. The third kappa shape index (κ3) is 6.13. The van der Waals surface area contributed by atoms with E-state index >= 15 is 0 Å². The second-order valence-corrected chi connectivity index (χ2v) is 14.0. The zero-order valence-electron chi connectivity index (χ0n) is 14.9. The monoisotopic (exact) mass is 460 g/mol. The van der Waals surface area contributed by atoms with Crippen LogP contribution in [0.1, 0.15) is 13.8 Å². The van der Waals surface area contributed by atoms with Gasteiger partial charge in [0.05, 0.1) is 6.10 Å². The summed E-state index contributed by atoms with van der Waals surface area (Å²) < 4.78 is 14.3. The van der Waals surface area contributed by atoms with Gasteiger partial charge in [-0.15, -0.1) is 5.10 Å². The van der Waals surface area contributed by atoms with Crippen LogP contribution in [0.3, 0.4) is 0 Å². The first-order chi connectivity index (χ1) is 11.2. The predicted molar refractivity (Wildman–Crippen MR) is 106 cm³/mol. The molecule has 0 aliphatic heterocycles. The van der Waals surface area contributed by atoms with Crippen LogP contribution < -0.4 is 4.74 Å². The number of ether oxygens (including phenoxy) is 2. The first kappa shape index (κ1) is 19.3. The second-order valence-electron chi connectivity index (χ2n) is 7.09. The standard InChI is InChI=1S/C16H25IN4O2Si/c1-12(2)23-16-19-15(14-7-6-13(17)10-18-14)20-21(16)11-22-8-9-24(3,4)5/h6-7,10,12H,8-9,11H2,1-5H3. The van der Waals surface area contributed by atoms with Crippen molar-refractivity contribution in [2.24, 2.45) is 0 Å². The van der Waals surface area contributed by atoms with Gasteiger partial charge >= 0.3 is 6.01 Å². The second kappa shape index (κ2) is 8.39. The zero-order valence-corrected chi connectivity index (χ0v) is 18.1. The summed E-state index contributed by atoms with van der Waals surface area (Å²) in [4.78, 5) is 8.85. The van der Waals surface area contributed by atoms with Crippen LogP contribution in [0.2, 0.25) is 25.7 Å². The van der Waals surface area contributed by atoms with Crippen molar-refractivity contribution in [2.45, 2.75) is 52.4 Å². The van der Waals surface area contributed by atoms with Crippen molar-refractivity contribution < 1.29 is 9.47 Å². The molecule has 0 atom stereocenters. The number of aromatic nitrogens is 4. The number of hydrogen-bond donors (Lipinski definition) is 0. The molecule has 6 nitrogen and oxygen atoms in total.